The maximum Gasteiger partial charge on any atom is 0.271 e. The van der Waals surface area contributed by atoms with Gasteiger partial charge >= 0.3 is 0 Å². The van der Waals surface area contributed by atoms with E-state index < -0.39 is 10.8 Å². The number of hydrogen-bond donors (Lipinski definition) is 1. The number of methoxy groups -OCH3 is 1. The normalized spacial score (nSPS) is 10.7. The standard InChI is InChI=1S/C27H28IN3O7/c1-4-12-37-23-11-8-20(15-24(23)35-3)27(32)30-29-16-19-13-22(28)26(25(14-19)36-5-2)38-17-18-6-9-21(10-7-18)31(33)34/h6-11,13-16H,4-5,12,17H2,1-3H3,(H,30,32)/b29-16+. The maximum atomic E-state index is 12.6. The molecule has 38 heavy (non-hydrogen) atoms. The second-order valence-electron chi connectivity index (χ2n) is 7.89. The third-order valence-corrected chi connectivity index (χ3v) is 5.93. The SMILES string of the molecule is CCCOc1ccc(C(=O)N/N=C/c2cc(I)c(OCc3ccc([N+](=O)[O-])cc3)c(OCC)c2)cc1OC. The Kier molecular flexibility index (Phi) is 10.7. The minimum Gasteiger partial charge on any atom is -0.493 e. The van der Waals surface area contributed by atoms with Gasteiger partial charge in [0.25, 0.3) is 11.6 Å². The summed E-state index contributed by atoms with van der Waals surface area (Å²) in [6.45, 7) is 5.05. The van der Waals surface area contributed by atoms with Crippen LogP contribution in [0.5, 0.6) is 23.0 Å². The summed E-state index contributed by atoms with van der Waals surface area (Å²) in [7, 11) is 1.52. The van der Waals surface area contributed by atoms with Gasteiger partial charge in [-0.15, -0.1) is 0 Å². The van der Waals surface area contributed by atoms with Gasteiger partial charge in [-0.05, 0) is 89.5 Å². The van der Waals surface area contributed by atoms with E-state index in [2.05, 4.69) is 33.1 Å². The van der Waals surface area contributed by atoms with E-state index in [0.717, 1.165) is 15.6 Å². The number of nitrogens with zero attached hydrogens (tertiary/aromatic N) is 2. The number of carbonyl (C=O) groups is 1. The summed E-state index contributed by atoms with van der Waals surface area (Å²) in [4.78, 5) is 23.0. The van der Waals surface area contributed by atoms with E-state index >= 15 is 0 Å². The molecule has 0 aliphatic carbocycles. The van der Waals surface area contributed by atoms with Gasteiger partial charge in [0.1, 0.15) is 6.61 Å². The van der Waals surface area contributed by atoms with Crippen LogP contribution in [0.4, 0.5) is 5.69 Å². The summed E-state index contributed by atoms with van der Waals surface area (Å²) in [5.41, 5.74) is 4.39. The van der Waals surface area contributed by atoms with Gasteiger partial charge in [0.2, 0.25) is 0 Å². The van der Waals surface area contributed by atoms with Gasteiger partial charge in [-0.25, -0.2) is 5.43 Å². The topological polar surface area (TPSA) is 122 Å². The number of nitro groups is 1. The highest BCUT2D eigenvalue weighted by atomic mass is 127. The van der Waals surface area contributed by atoms with Crippen molar-refractivity contribution in [3.8, 4) is 23.0 Å². The van der Waals surface area contributed by atoms with Crippen molar-refractivity contribution in [1.29, 1.82) is 0 Å². The van der Waals surface area contributed by atoms with E-state index in [0.29, 0.717) is 47.3 Å². The van der Waals surface area contributed by atoms with Crippen LogP contribution in [0.15, 0.2) is 59.7 Å². The van der Waals surface area contributed by atoms with Gasteiger partial charge in [-0.2, -0.15) is 5.10 Å². The van der Waals surface area contributed by atoms with E-state index in [1.165, 1.54) is 25.5 Å². The number of carbonyl (C=O) groups excluding carboxylic acids is 1. The molecule has 1 N–H and O–H groups in total. The summed E-state index contributed by atoms with van der Waals surface area (Å²) in [5, 5.41) is 14.9. The Labute approximate surface area is 234 Å². The van der Waals surface area contributed by atoms with Gasteiger partial charge in [0.15, 0.2) is 23.0 Å². The zero-order valence-corrected chi connectivity index (χ0v) is 23.4. The molecular weight excluding hydrogens is 605 g/mol. The number of benzene rings is 3. The molecule has 3 aromatic rings. The Morgan fingerprint density at radius 3 is 2.45 bits per heavy atom. The molecule has 200 valence electrons. The highest BCUT2D eigenvalue weighted by molar-refractivity contribution is 14.1. The Bertz CT molecular complexity index is 1300. The second-order valence-corrected chi connectivity index (χ2v) is 9.05. The zero-order valence-electron chi connectivity index (χ0n) is 21.2. The molecule has 0 saturated heterocycles. The zero-order chi connectivity index (χ0) is 27.5. The van der Waals surface area contributed by atoms with Gasteiger partial charge in [-0.1, -0.05) is 6.92 Å². The van der Waals surface area contributed by atoms with Gasteiger partial charge in [0, 0.05) is 17.7 Å². The van der Waals surface area contributed by atoms with Crippen LogP contribution >= 0.6 is 22.6 Å². The van der Waals surface area contributed by atoms with E-state index in [-0.39, 0.29) is 12.3 Å². The molecule has 3 rings (SSSR count). The quantitative estimate of drug-likeness (QED) is 0.110. The number of ether oxygens (including phenoxy) is 4. The summed E-state index contributed by atoms with van der Waals surface area (Å²) >= 11 is 2.13. The molecule has 1 amide bonds. The predicted molar refractivity (Wildman–Crippen MR) is 152 cm³/mol. The molecule has 0 unspecified atom stereocenters. The number of nitro benzene ring substituents is 1. The lowest BCUT2D eigenvalue weighted by atomic mass is 10.2. The third kappa shape index (κ3) is 7.81. The molecule has 3 aromatic carbocycles. The van der Waals surface area contributed by atoms with Crippen molar-refractivity contribution in [2.75, 3.05) is 20.3 Å². The molecule has 0 aliphatic heterocycles. The second kappa shape index (κ2) is 14.2. The number of halogens is 1. The molecule has 0 aliphatic rings. The fourth-order valence-corrected chi connectivity index (χ4v) is 4.09. The number of hydrazone groups is 1. The Hall–Kier alpha value is -3.87. The van der Waals surface area contributed by atoms with Gasteiger partial charge in [0.05, 0.1) is 35.0 Å². The number of hydrogen-bond acceptors (Lipinski definition) is 8. The first kappa shape index (κ1) is 28.7. The van der Waals surface area contributed by atoms with Crippen molar-refractivity contribution in [1.82, 2.24) is 5.43 Å². The van der Waals surface area contributed by atoms with Crippen LogP contribution in [0.25, 0.3) is 0 Å². The van der Waals surface area contributed by atoms with Crippen LogP contribution in [0.2, 0.25) is 0 Å². The third-order valence-electron chi connectivity index (χ3n) is 5.13. The molecule has 0 radical (unpaired) electrons. The highest BCUT2D eigenvalue weighted by Gasteiger charge is 2.14. The van der Waals surface area contributed by atoms with Crippen molar-refractivity contribution in [2.24, 2.45) is 5.10 Å². The minimum absolute atomic E-state index is 0.0196. The largest absolute Gasteiger partial charge is 0.493 e. The molecule has 0 spiro atoms. The van der Waals surface area contributed by atoms with Gasteiger partial charge < -0.3 is 18.9 Å². The van der Waals surface area contributed by atoms with Gasteiger partial charge in [-0.3, -0.25) is 14.9 Å². The fraction of sp³-hybridized carbons (Fsp3) is 0.259. The number of non-ortho nitro benzene ring substituents is 1. The van der Waals surface area contributed by atoms with E-state index in [4.69, 9.17) is 18.9 Å². The first-order chi connectivity index (χ1) is 18.4. The Morgan fingerprint density at radius 2 is 1.79 bits per heavy atom. The molecule has 0 bridgehead atoms. The molecular formula is C27H28IN3O7. The summed E-state index contributed by atoms with van der Waals surface area (Å²) in [5.74, 6) is 1.70. The van der Waals surface area contributed by atoms with Crippen LogP contribution in [-0.4, -0.2) is 37.4 Å². The number of rotatable bonds is 13. The van der Waals surface area contributed by atoms with Crippen molar-refractivity contribution in [2.45, 2.75) is 26.9 Å². The van der Waals surface area contributed by atoms with Crippen molar-refractivity contribution < 1.29 is 28.7 Å². The Balaban J connectivity index is 1.69. The minimum atomic E-state index is -0.445. The van der Waals surface area contributed by atoms with Crippen LogP contribution in [0, 0.1) is 13.7 Å². The van der Waals surface area contributed by atoms with Crippen molar-refractivity contribution in [3.05, 3.63) is 85.0 Å². The van der Waals surface area contributed by atoms with Crippen LogP contribution < -0.4 is 24.4 Å². The predicted octanol–water partition coefficient (Wildman–Crippen LogP) is 5.74. The van der Waals surface area contributed by atoms with Crippen LogP contribution in [0.3, 0.4) is 0 Å². The molecule has 10 nitrogen and oxygen atoms in total. The van der Waals surface area contributed by atoms with Crippen molar-refractivity contribution >= 4 is 40.4 Å². The number of nitrogens with one attached hydrogen (secondary N) is 1. The molecule has 0 fully saturated rings. The first-order valence-corrected chi connectivity index (χ1v) is 12.9. The average Bonchev–Trinajstić information content (AvgIpc) is 2.91. The summed E-state index contributed by atoms with van der Waals surface area (Å²) in [6.07, 6.45) is 2.37. The summed E-state index contributed by atoms with van der Waals surface area (Å²) < 4.78 is 23.5. The lowest BCUT2D eigenvalue weighted by Crippen LogP contribution is -2.17. The lowest BCUT2D eigenvalue weighted by Gasteiger charge is -2.14. The summed E-state index contributed by atoms with van der Waals surface area (Å²) in [6, 6.07) is 14.7. The lowest BCUT2D eigenvalue weighted by molar-refractivity contribution is -0.384. The monoisotopic (exact) mass is 633 g/mol. The first-order valence-electron chi connectivity index (χ1n) is 11.8. The number of amides is 1. The average molecular weight is 633 g/mol. The highest BCUT2D eigenvalue weighted by Crippen LogP contribution is 2.34. The maximum absolute atomic E-state index is 12.6. The van der Waals surface area contributed by atoms with Crippen LogP contribution in [-0.2, 0) is 6.61 Å². The smallest absolute Gasteiger partial charge is 0.271 e. The van der Waals surface area contributed by atoms with E-state index in [1.807, 2.05) is 19.9 Å². The Morgan fingerprint density at radius 1 is 1.03 bits per heavy atom. The molecule has 0 aromatic heterocycles. The van der Waals surface area contributed by atoms with Crippen molar-refractivity contribution in [3.63, 3.8) is 0 Å². The molecule has 0 atom stereocenters. The van der Waals surface area contributed by atoms with E-state index in [9.17, 15) is 14.9 Å². The van der Waals surface area contributed by atoms with E-state index in [1.54, 1.807) is 36.4 Å². The molecule has 0 saturated carbocycles. The molecule has 11 heteroatoms. The molecule has 0 heterocycles. The van der Waals surface area contributed by atoms with Crippen LogP contribution in [0.1, 0.15) is 41.8 Å². The fourth-order valence-electron chi connectivity index (χ4n) is 3.30.